The van der Waals surface area contributed by atoms with Crippen molar-refractivity contribution in [2.24, 2.45) is 0 Å². The van der Waals surface area contributed by atoms with Crippen LogP contribution in [0.4, 0.5) is 5.82 Å². The molecule has 1 fully saturated rings. The number of carbonyl (C=O) groups excluding carboxylic acids is 1. The van der Waals surface area contributed by atoms with Crippen LogP contribution in [0.1, 0.15) is 12.7 Å². The van der Waals surface area contributed by atoms with Gasteiger partial charge in [0.25, 0.3) is 0 Å². The van der Waals surface area contributed by atoms with E-state index in [1.54, 1.807) is 11.8 Å². The highest BCUT2D eigenvalue weighted by atomic mass is 35.5. The Hall–Kier alpha value is -1.67. The summed E-state index contributed by atoms with van der Waals surface area (Å²) in [6.45, 7) is 5.87. The number of halogens is 1. The highest BCUT2D eigenvalue weighted by Crippen LogP contribution is 2.11. The minimum Gasteiger partial charge on any atom is -0.358 e. The number of aromatic nitrogens is 2. The van der Waals surface area contributed by atoms with E-state index < -0.39 is 4.92 Å². The van der Waals surface area contributed by atoms with E-state index >= 15 is 0 Å². The maximum atomic E-state index is 12.1. The molecule has 1 aromatic rings. The molecule has 0 bridgehead atoms. The van der Waals surface area contributed by atoms with Crippen molar-refractivity contribution in [3.8, 4) is 0 Å². The first-order valence-electron chi connectivity index (χ1n) is 6.16. The third-order valence-electron chi connectivity index (χ3n) is 3.18. The molecule has 1 unspecified atom stereocenters. The maximum Gasteiger partial charge on any atom is 0.381 e. The maximum absolute atomic E-state index is 12.1. The van der Waals surface area contributed by atoms with E-state index in [9.17, 15) is 14.9 Å². The number of hydrogen-bond acceptors (Lipinski definition) is 5. The van der Waals surface area contributed by atoms with Gasteiger partial charge in [0.05, 0.1) is 0 Å². The Labute approximate surface area is 122 Å². The molecule has 1 saturated heterocycles. The van der Waals surface area contributed by atoms with Crippen LogP contribution in [-0.2, 0) is 11.3 Å². The van der Waals surface area contributed by atoms with Gasteiger partial charge in [-0.25, -0.2) is 0 Å². The first kappa shape index (κ1) is 16.4. The van der Waals surface area contributed by atoms with Crippen molar-refractivity contribution in [3.05, 3.63) is 22.1 Å². The molecule has 1 amide bonds. The number of rotatable bonds is 3. The fraction of sp³-hybridized carbons (Fsp3) is 0.636. The number of hydrogen-bond donors (Lipinski definition) is 1. The molecule has 0 aromatic carbocycles. The second kappa shape index (κ2) is 6.67. The van der Waals surface area contributed by atoms with Crippen molar-refractivity contribution < 1.29 is 9.72 Å². The highest BCUT2D eigenvalue weighted by molar-refractivity contribution is 5.85. The first-order valence-corrected chi connectivity index (χ1v) is 6.16. The number of nitrogens with one attached hydrogen (secondary N) is 1. The molecule has 20 heavy (non-hydrogen) atoms. The van der Waals surface area contributed by atoms with Gasteiger partial charge in [0.15, 0.2) is 0 Å². The van der Waals surface area contributed by atoms with Crippen molar-refractivity contribution >= 4 is 24.1 Å². The van der Waals surface area contributed by atoms with Crippen molar-refractivity contribution in [1.82, 2.24) is 19.8 Å². The molecule has 0 aliphatic carbocycles. The van der Waals surface area contributed by atoms with Crippen molar-refractivity contribution in [2.45, 2.75) is 26.4 Å². The Balaban J connectivity index is 0.00000200. The highest BCUT2D eigenvalue weighted by Gasteiger charge is 2.23. The third-order valence-corrected chi connectivity index (χ3v) is 3.18. The minimum atomic E-state index is -0.555. The fourth-order valence-electron chi connectivity index (χ4n) is 2.14. The molecular weight excluding hydrogens is 286 g/mol. The SMILES string of the molecule is Cc1nc([N+](=O)[O-])cn1CC(=O)N1CCNC(C)C1.Cl. The summed E-state index contributed by atoms with van der Waals surface area (Å²) in [5, 5.41) is 13.9. The predicted octanol–water partition coefficient (Wildman–Crippen LogP) is 0.342. The zero-order valence-corrected chi connectivity index (χ0v) is 12.2. The number of nitro groups is 1. The van der Waals surface area contributed by atoms with E-state index in [0.29, 0.717) is 18.9 Å². The molecule has 0 saturated carbocycles. The van der Waals surface area contributed by atoms with E-state index in [1.807, 2.05) is 6.92 Å². The Morgan fingerprint density at radius 2 is 2.35 bits per heavy atom. The van der Waals surface area contributed by atoms with E-state index in [2.05, 4.69) is 10.3 Å². The molecular formula is C11H18ClN5O3. The normalized spacial score (nSPS) is 18.5. The molecule has 1 aliphatic rings. The van der Waals surface area contributed by atoms with Gasteiger partial charge in [-0.1, -0.05) is 0 Å². The average Bonchev–Trinajstić information content (AvgIpc) is 2.71. The summed E-state index contributed by atoms with van der Waals surface area (Å²) in [6, 6.07) is 0.274. The molecule has 2 rings (SSSR count). The van der Waals surface area contributed by atoms with Gasteiger partial charge in [0, 0.05) is 32.6 Å². The van der Waals surface area contributed by atoms with Gasteiger partial charge in [0.2, 0.25) is 11.7 Å². The molecule has 8 nitrogen and oxygen atoms in total. The van der Waals surface area contributed by atoms with Crippen molar-refractivity contribution in [1.29, 1.82) is 0 Å². The average molecular weight is 304 g/mol. The minimum absolute atomic E-state index is 0. The Morgan fingerprint density at radius 3 is 2.90 bits per heavy atom. The van der Waals surface area contributed by atoms with E-state index in [0.717, 1.165) is 6.54 Å². The molecule has 1 aromatic heterocycles. The number of piperazine rings is 1. The van der Waals surface area contributed by atoms with Crippen molar-refractivity contribution in [3.63, 3.8) is 0 Å². The molecule has 2 heterocycles. The quantitative estimate of drug-likeness (QED) is 0.642. The summed E-state index contributed by atoms with van der Waals surface area (Å²) < 4.78 is 1.52. The molecule has 1 aliphatic heterocycles. The van der Waals surface area contributed by atoms with Crippen LogP contribution < -0.4 is 5.32 Å². The van der Waals surface area contributed by atoms with Crippen molar-refractivity contribution in [2.75, 3.05) is 19.6 Å². The first-order chi connectivity index (χ1) is 8.97. The molecule has 1 N–H and O–H groups in total. The second-order valence-electron chi connectivity index (χ2n) is 4.73. The van der Waals surface area contributed by atoms with Crippen LogP contribution in [0.25, 0.3) is 0 Å². The van der Waals surface area contributed by atoms with Gasteiger partial charge >= 0.3 is 5.82 Å². The van der Waals surface area contributed by atoms with E-state index in [1.165, 1.54) is 10.8 Å². The Bertz CT molecular complexity index is 504. The zero-order chi connectivity index (χ0) is 14.0. The van der Waals surface area contributed by atoms with Gasteiger partial charge in [0.1, 0.15) is 12.7 Å². The van der Waals surface area contributed by atoms with E-state index in [-0.39, 0.29) is 36.7 Å². The molecule has 0 spiro atoms. The number of amides is 1. The van der Waals surface area contributed by atoms with Crippen LogP contribution >= 0.6 is 12.4 Å². The topological polar surface area (TPSA) is 93.3 Å². The lowest BCUT2D eigenvalue weighted by molar-refractivity contribution is -0.389. The molecule has 112 valence electrons. The lowest BCUT2D eigenvalue weighted by atomic mass is 10.2. The Morgan fingerprint density at radius 1 is 1.65 bits per heavy atom. The Kier molecular flexibility index (Phi) is 5.46. The van der Waals surface area contributed by atoms with Gasteiger partial charge in [-0.05, 0) is 16.8 Å². The predicted molar refractivity (Wildman–Crippen MR) is 74.9 cm³/mol. The number of carbonyl (C=O) groups is 1. The molecule has 0 radical (unpaired) electrons. The smallest absolute Gasteiger partial charge is 0.358 e. The van der Waals surface area contributed by atoms with Gasteiger partial charge in [-0.2, -0.15) is 0 Å². The van der Waals surface area contributed by atoms with Gasteiger partial charge in [-0.3, -0.25) is 9.36 Å². The van der Waals surface area contributed by atoms with Gasteiger partial charge < -0.3 is 20.3 Å². The van der Waals surface area contributed by atoms with Crippen LogP contribution in [0, 0.1) is 17.0 Å². The second-order valence-corrected chi connectivity index (χ2v) is 4.73. The zero-order valence-electron chi connectivity index (χ0n) is 11.4. The van der Waals surface area contributed by atoms with Gasteiger partial charge in [-0.15, -0.1) is 12.4 Å². The molecule has 1 atom stereocenters. The fourth-order valence-corrected chi connectivity index (χ4v) is 2.14. The van der Waals surface area contributed by atoms with E-state index in [4.69, 9.17) is 0 Å². The number of nitrogens with zero attached hydrogens (tertiary/aromatic N) is 4. The number of imidazole rings is 1. The summed E-state index contributed by atoms with van der Waals surface area (Å²) in [7, 11) is 0. The standard InChI is InChI=1S/C11H17N5O3.ClH/c1-8-5-14(4-3-12-8)11(17)7-15-6-10(16(18)19)13-9(15)2;/h6,8,12H,3-5,7H2,1-2H3;1H. The lowest BCUT2D eigenvalue weighted by Gasteiger charge is -2.31. The summed E-state index contributed by atoms with van der Waals surface area (Å²) in [4.78, 5) is 27.8. The summed E-state index contributed by atoms with van der Waals surface area (Å²) in [5.41, 5.74) is 0. The van der Waals surface area contributed by atoms with Crippen LogP contribution in [0.15, 0.2) is 6.20 Å². The summed E-state index contributed by atoms with van der Waals surface area (Å²) >= 11 is 0. The monoisotopic (exact) mass is 303 g/mol. The molecule has 9 heteroatoms. The van der Waals surface area contributed by atoms with Crippen LogP contribution in [0.3, 0.4) is 0 Å². The number of aryl methyl sites for hydroxylation is 1. The third kappa shape index (κ3) is 3.67. The largest absolute Gasteiger partial charge is 0.381 e. The van der Waals surface area contributed by atoms with Crippen LogP contribution in [0.5, 0.6) is 0 Å². The van der Waals surface area contributed by atoms with Crippen LogP contribution in [0.2, 0.25) is 0 Å². The lowest BCUT2D eigenvalue weighted by Crippen LogP contribution is -2.52. The van der Waals surface area contributed by atoms with Crippen LogP contribution in [-0.4, -0.2) is 51.0 Å². The summed E-state index contributed by atoms with van der Waals surface area (Å²) in [6.07, 6.45) is 1.30. The summed E-state index contributed by atoms with van der Waals surface area (Å²) in [5.74, 6) is 0.214.